The zero-order valence-electron chi connectivity index (χ0n) is 14.2. The quantitative estimate of drug-likeness (QED) is 0.728. The Bertz CT molecular complexity index is 990. The molecule has 0 radical (unpaired) electrons. The van der Waals surface area contributed by atoms with Crippen molar-refractivity contribution in [1.29, 1.82) is 5.26 Å². The molecule has 0 unspecified atom stereocenters. The molecule has 3 nitrogen and oxygen atoms in total. The van der Waals surface area contributed by atoms with Gasteiger partial charge in [0.2, 0.25) is 0 Å². The number of nitriles is 1. The highest BCUT2D eigenvalue weighted by Crippen LogP contribution is 2.39. The number of nitrogens with zero attached hydrogens (tertiary/aromatic N) is 2. The first-order valence-corrected chi connectivity index (χ1v) is 8.69. The van der Waals surface area contributed by atoms with E-state index >= 15 is 0 Å². The summed E-state index contributed by atoms with van der Waals surface area (Å²) in [6.45, 7) is 1.98. The van der Waals surface area contributed by atoms with Gasteiger partial charge in [0, 0.05) is 34.7 Å². The minimum atomic E-state index is -0.368. The third kappa shape index (κ3) is 2.52. The molecule has 4 rings (SSSR count). The molecule has 2 aromatic carbocycles. The maximum absolute atomic E-state index is 14.4. The molecule has 1 aromatic heterocycles. The monoisotopic (exact) mass is 333 g/mol. The van der Waals surface area contributed by atoms with Crippen LogP contribution in [0.5, 0.6) is 0 Å². The Kier molecular flexibility index (Phi) is 3.82. The van der Waals surface area contributed by atoms with Crippen LogP contribution in [-0.2, 0) is 0 Å². The van der Waals surface area contributed by atoms with Crippen molar-refractivity contribution < 1.29 is 4.39 Å². The minimum Gasteiger partial charge on any atom is -0.344 e. The van der Waals surface area contributed by atoms with E-state index in [1.165, 1.54) is 12.5 Å². The van der Waals surface area contributed by atoms with E-state index in [1.54, 1.807) is 12.1 Å². The molecule has 2 N–H and O–H groups in total. The van der Waals surface area contributed by atoms with E-state index in [0.717, 1.165) is 34.9 Å². The van der Waals surface area contributed by atoms with E-state index in [-0.39, 0.29) is 11.9 Å². The summed E-state index contributed by atoms with van der Waals surface area (Å²) in [6, 6.07) is 13.0. The van der Waals surface area contributed by atoms with Crippen LogP contribution in [0.15, 0.2) is 42.6 Å². The fourth-order valence-corrected chi connectivity index (χ4v) is 3.67. The number of aromatic nitrogens is 1. The van der Waals surface area contributed by atoms with Crippen molar-refractivity contribution in [2.24, 2.45) is 5.73 Å². The van der Waals surface area contributed by atoms with Crippen LogP contribution < -0.4 is 5.73 Å². The maximum atomic E-state index is 14.4. The number of benzene rings is 2. The van der Waals surface area contributed by atoms with E-state index in [4.69, 9.17) is 5.73 Å². The molecule has 1 atom stereocenters. The molecule has 1 fully saturated rings. The number of hydrogen-bond donors (Lipinski definition) is 1. The summed E-state index contributed by atoms with van der Waals surface area (Å²) in [5.41, 5.74) is 9.80. The molecule has 3 aromatic rings. The fraction of sp³-hybridized carbons (Fsp3) is 0.286. The molecule has 126 valence electrons. The molecule has 4 heteroatoms. The molecular weight excluding hydrogens is 313 g/mol. The standard InChI is InChI=1S/C21H20FN3/c1-13(24)18-12-25(16-5-3-6-16)20-10-14(8-9-17(18)20)21-15(11-23)4-2-7-19(21)22/h2,4,7-10,12-13,16H,3,5-6,24H2,1H3/t13-/m1/s1. The Hall–Kier alpha value is -2.64. The average molecular weight is 333 g/mol. The van der Waals surface area contributed by atoms with Gasteiger partial charge in [-0.2, -0.15) is 5.26 Å². The normalized spacial score (nSPS) is 15.8. The molecule has 0 aliphatic heterocycles. The van der Waals surface area contributed by atoms with Gasteiger partial charge in [-0.25, -0.2) is 4.39 Å². The van der Waals surface area contributed by atoms with Gasteiger partial charge in [0.1, 0.15) is 5.82 Å². The van der Waals surface area contributed by atoms with Gasteiger partial charge in [-0.3, -0.25) is 0 Å². The Balaban J connectivity index is 1.95. The number of rotatable bonds is 3. The van der Waals surface area contributed by atoms with E-state index in [2.05, 4.69) is 16.8 Å². The SMILES string of the molecule is C[C@@H](N)c1cn(C2CCC2)c2cc(-c3c(F)cccc3C#N)ccc12. The topological polar surface area (TPSA) is 54.7 Å². The summed E-state index contributed by atoms with van der Waals surface area (Å²) < 4.78 is 16.7. The molecule has 0 bridgehead atoms. The Morgan fingerprint density at radius 1 is 1.28 bits per heavy atom. The van der Waals surface area contributed by atoms with Crippen LogP contribution in [0.3, 0.4) is 0 Å². The molecule has 0 spiro atoms. The lowest BCUT2D eigenvalue weighted by atomic mass is 9.92. The fourth-order valence-electron chi connectivity index (χ4n) is 3.67. The first-order chi connectivity index (χ1) is 12.1. The van der Waals surface area contributed by atoms with Gasteiger partial charge in [-0.1, -0.05) is 18.2 Å². The van der Waals surface area contributed by atoms with Gasteiger partial charge < -0.3 is 10.3 Å². The Morgan fingerprint density at radius 3 is 2.72 bits per heavy atom. The van der Waals surface area contributed by atoms with Crippen molar-refractivity contribution in [1.82, 2.24) is 4.57 Å². The highest BCUT2D eigenvalue weighted by atomic mass is 19.1. The van der Waals surface area contributed by atoms with Crippen molar-refractivity contribution in [2.45, 2.75) is 38.3 Å². The summed E-state index contributed by atoms with van der Waals surface area (Å²) in [4.78, 5) is 0. The smallest absolute Gasteiger partial charge is 0.132 e. The predicted molar refractivity (Wildman–Crippen MR) is 97.5 cm³/mol. The average Bonchev–Trinajstić information content (AvgIpc) is 2.92. The van der Waals surface area contributed by atoms with Crippen LogP contribution in [0.25, 0.3) is 22.0 Å². The zero-order chi connectivity index (χ0) is 17.6. The molecule has 0 amide bonds. The van der Waals surface area contributed by atoms with Crippen LogP contribution in [0, 0.1) is 17.1 Å². The lowest BCUT2D eigenvalue weighted by molar-refractivity contribution is 0.321. The van der Waals surface area contributed by atoms with Gasteiger partial charge in [-0.05, 0) is 55.5 Å². The number of halogens is 1. The van der Waals surface area contributed by atoms with Crippen molar-refractivity contribution in [3.05, 3.63) is 59.5 Å². The van der Waals surface area contributed by atoms with Crippen LogP contribution in [0.4, 0.5) is 4.39 Å². The molecule has 25 heavy (non-hydrogen) atoms. The first kappa shape index (κ1) is 15.9. The number of nitrogens with two attached hydrogens (primary N) is 1. The van der Waals surface area contributed by atoms with Crippen LogP contribution in [-0.4, -0.2) is 4.57 Å². The summed E-state index contributed by atoms with van der Waals surface area (Å²) in [5.74, 6) is -0.368. The van der Waals surface area contributed by atoms with Gasteiger partial charge in [0.25, 0.3) is 0 Å². The molecule has 1 heterocycles. The van der Waals surface area contributed by atoms with Gasteiger partial charge in [-0.15, -0.1) is 0 Å². The highest BCUT2D eigenvalue weighted by molar-refractivity contribution is 5.89. The first-order valence-electron chi connectivity index (χ1n) is 8.69. The second-order valence-electron chi connectivity index (χ2n) is 6.87. The molecular formula is C21H20FN3. The van der Waals surface area contributed by atoms with E-state index in [1.807, 2.05) is 25.1 Å². The number of fused-ring (bicyclic) bond motifs is 1. The summed E-state index contributed by atoms with van der Waals surface area (Å²) >= 11 is 0. The lowest BCUT2D eigenvalue weighted by Crippen LogP contribution is -2.16. The van der Waals surface area contributed by atoms with Crippen LogP contribution >= 0.6 is 0 Å². The molecule has 0 saturated heterocycles. The van der Waals surface area contributed by atoms with Crippen LogP contribution in [0.2, 0.25) is 0 Å². The largest absolute Gasteiger partial charge is 0.344 e. The number of hydrogen-bond acceptors (Lipinski definition) is 2. The van der Waals surface area contributed by atoms with Crippen molar-refractivity contribution in [3.8, 4) is 17.2 Å². The predicted octanol–water partition coefficient (Wildman–Crippen LogP) is 5.06. The second kappa shape index (κ2) is 6.02. The van der Waals surface area contributed by atoms with Crippen molar-refractivity contribution in [3.63, 3.8) is 0 Å². The maximum Gasteiger partial charge on any atom is 0.132 e. The van der Waals surface area contributed by atoms with Gasteiger partial charge in [0.15, 0.2) is 0 Å². The Labute approximate surface area is 146 Å². The summed E-state index contributed by atoms with van der Waals surface area (Å²) in [6.07, 6.45) is 5.71. The van der Waals surface area contributed by atoms with E-state index < -0.39 is 0 Å². The molecule has 1 aliphatic carbocycles. The lowest BCUT2D eigenvalue weighted by Gasteiger charge is -2.28. The van der Waals surface area contributed by atoms with Gasteiger partial charge >= 0.3 is 0 Å². The zero-order valence-corrected chi connectivity index (χ0v) is 14.2. The third-order valence-electron chi connectivity index (χ3n) is 5.25. The molecule has 1 aliphatic rings. The minimum absolute atomic E-state index is 0.0576. The summed E-state index contributed by atoms with van der Waals surface area (Å²) in [7, 11) is 0. The molecule has 1 saturated carbocycles. The summed E-state index contributed by atoms with van der Waals surface area (Å²) in [5, 5.41) is 10.5. The van der Waals surface area contributed by atoms with Crippen molar-refractivity contribution >= 4 is 10.9 Å². The Morgan fingerprint density at radius 2 is 2.08 bits per heavy atom. The third-order valence-corrected chi connectivity index (χ3v) is 5.25. The van der Waals surface area contributed by atoms with E-state index in [0.29, 0.717) is 17.2 Å². The second-order valence-corrected chi connectivity index (χ2v) is 6.87. The van der Waals surface area contributed by atoms with Gasteiger partial charge in [0.05, 0.1) is 11.6 Å². The van der Waals surface area contributed by atoms with Crippen molar-refractivity contribution in [2.75, 3.05) is 0 Å². The highest BCUT2D eigenvalue weighted by Gasteiger charge is 2.23. The van der Waals surface area contributed by atoms with E-state index in [9.17, 15) is 9.65 Å². The van der Waals surface area contributed by atoms with Crippen LogP contribution in [0.1, 0.15) is 49.4 Å².